The van der Waals surface area contributed by atoms with Crippen LogP contribution >= 0.6 is 11.6 Å². The molecule has 0 unspecified atom stereocenters. The number of pyridine rings is 1. The van der Waals surface area contributed by atoms with Crippen molar-refractivity contribution in [2.24, 2.45) is 0 Å². The second-order valence-corrected chi connectivity index (χ2v) is 10.0. The molecule has 6 rings (SSSR count). The summed E-state index contributed by atoms with van der Waals surface area (Å²) in [5.74, 6) is -0.711. The molecule has 0 bridgehead atoms. The number of fused-ring (bicyclic) bond motifs is 2. The summed E-state index contributed by atoms with van der Waals surface area (Å²) in [6, 6.07) is 16.4. The lowest BCUT2D eigenvalue weighted by Gasteiger charge is -2.26. The summed E-state index contributed by atoms with van der Waals surface area (Å²) in [6.45, 7) is 0.758. The Morgan fingerprint density at radius 2 is 1.89 bits per heavy atom. The number of likely N-dealkylation sites (tertiary alicyclic amines) is 1. The first-order chi connectivity index (χ1) is 17.4. The summed E-state index contributed by atoms with van der Waals surface area (Å²) in [6.07, 6.45) is 5.37. The summed E-state index contributed by atoms with van der Waals surface area (Å²) in [4.78, 5) is 44.0. The summed E-state index contributed by atoms with van der Waals surface area (Å²) in [5.41, 5.74) is 2.96. The molecule has 1 atom stereocenters. The highest BCUT2D eigenvalue weighted by molar-refractivity contribution is 6.34. The minimum Gasteiger partial charge on any atom is -0.449 e. The number of carbonyl (C=O) groups excluding carboxylic acids is 3. The fraction of sp³-hybridized carbons (Fsp3) is 0.286. The van der Waals surface area contributed by atoms with Crippen LogP contribution in [0.3, 0.4) is 0 Å². The normalized spacial score (nSPS) is 20.7. The van der Waals surface area contributed by atoms with Crippen molar-refractivity contribution >= 4 is 29.4 Å². The summed E-state index contributed by atoms with van der Waals surface area (Å²) >= 11 is 6.55. The molecule has 1 aliphatic carbocycles. The Balaban J connectivity index is 1.17. The van der Waals surface area contributed by atoms with E-state index in [1.807, 2.05) is 30.3 Å². The number of esters is 1. The summed E-state index contributed by atoms with van der Waals surface area (Å²) in [5, 5.41) is 3.31. The van der Waals surface area contributed by atoms with Crippen molar-refractivity contribution < 1.29 is 19.1 Å². The maximum atomic E-state index is 13.3. The molecular formula is C28H24ClN3O4. The standard InChI is InChI=1S/C28H24ClN3O4/c29-23-14-17(18-9-11-24(30-15-18)25(33)31-19-4-3-5-19)8-10-21(23)26(34)32-13-12-28(16-32)22-7-2-1-6-20(22)27(35)36-28/h1-2,6-11,14-15,19H,3-5,12-13,16H2,(H,31,33)/t28-/m0/s1. The number of nitrogens with one attached hydrogen (secondary N) is 1. The van der Waals surface area contributed by atoms with E-state index in [9.17, 15) is 14.4 Å². The van der Waals surface area contributed by atoms with Gasteiger partial charge in [0.05, 0.1) is 22.7 Å². The monoisotopic (exact) mass is 501 g/mol. The van der Waals surface area contributed by atoms with E-state index >= 15 is 0 Å². The average Bonchev–Trinajstić information content (AvgIpc) is 3.42. The first-order valence-electron chi connectivity index (χ1n) is 12.1. The van der Waals surface area contributed by atoms with Gasteiger partial charge in [0.2, 0.25) is 0 Å². The molecule has 1 saturated heterocycles. The maximum Gasteiger partial charge on any atom is 0.339 e. The number of ether oxygens (including phenoxy) is 1. The van der Waals surface area contributed by atoms with Crippen LogP contribution in [-0.2, 0) is 10.3 Å². The molecule has 7 nitrogen and oxygen atoms in total. The fourth-order valence-electron chi connectivity index (χ4n) is 5.15. The summed E-state index contributed by atoms with van der Waals surface area (Å²) in [7, 11) is 0. The van der Waals surface area contributed by atoms with Gasteiger partial charge in [0.15, 0.2) is 5.60 Å². The molecule has 36 heavy (non-hydrogen) atoms. The molecule has 2 aliphatic heterocycles. The van der Waals surface area contributed by atoms with Crippen LogP contribution in [0.2, 0.25) is 5.02 Å². The van der Waals surface area contributed by atoms with Crippen LogP contribution in [0.25, 0.3) is 11.1 Å². The van der Waals surface area contributed by atoms with E-state index in [1.54, 1.807) is 35.4 Å². The van der Waals surface area contributed by atoms with Gasteiger partial charge in [-0.15, -0.1) is 0 Å². The fourth-order valence-corrected chi connectivity index (χ4v) is 5.41. The third-order valence-corrected chi connectivity index (χ3v) is 7.73. The van der Waals surface area contributed by atoms with Crippen LogP contribution in [0, 0.1) is 0 Å². The van der Waals surface area contributed by atoms with Crippen molar-refractivity contribution in [1.82, 2.24) is 15.2 Å². The van der Waals surface area contributed by atoms with Crippen molar-refractivity contribution in [2.75, 3.05) is 13.1 Å². The topological polar surface area (TPSA) is 88.6 Å². The van der Waals surface area contributed by atoms with E-state index < -0.39 is 5.60 Å². The number of hydrogen-bond donors (Lipinski definition) is 1. The predicted octanol–water partition coefficient (Wildman–Crippen LogP) is 4.60. The number of halogens is 1. The van der Waals surface area contributed by atoms with Crippen LogP contribution in [0.5, 0.6) is 0 Å². The summed E-state index contributed by atoms with van der Waals surface area (Å²) < 4.78 is 5.76. The number of nitrogens with zero attached hydrogens (tertiary/aromatic N) is 2. The molecule has 1 N–H and O–H groups in total. The third-order valence-electron chi connectivity index (χ3n) is 7.41. The number of amides is 2. The van der Waals surface area contributed by atoms with Gasteiger partial charge in [-0.3, -0.25) is 14.6 Å². The molecule has 1 spiro atoms. The number of benzene rings is 2. The Hall–Kier alpha value is -3.71. The second kappa shape index (κ2) is 8.75. The zero-order chi connectivity index (χ0) is 24.9. The maximum absolute atomic E-state index is 13.3. The van der Waals surface area contributed by atoms with E-state index in [1.165, 1.54) is 0 Å². The molecule has 8 heteroatoms. The zero-order valence-corrected chi connectivity index (χ0v) is 20.3. The molecule has 1 aromatic heterocycles. The van der Waals surface area contributed by atoms with Crippen molar-refractivity contribution in [3.63, 3.8) is 0 Å². The lowest BCUT2D eigenvalue weighted by atomic mass is 9.91. The Kier molecular flexibility index (Phi) is 5.52. The van der Waals surface area contributed by atoms with Gasteiger partial charge in [0.1, 0.15) is 5.69 Å². The van der Waals surface area contributed by atoms with Gasteiger partial charge in [0, 0.05) is 36.3 Å². The van der Waals surface area contributed by atoms with Crippen molar-refractivity contribution in [3.05, 3.63) is 88.2 Å². The van der Waals surface area contributed by atoms with Gasteiger partial charge in [0.25, 0.3) is 11.8 Å². The first kappa shape index (κ1) is 22.7. The minimum atomic E-state index is -0.798. The molecule has 3 heterocycles. The molecule has 2 amide bonds. The highest BCUT2D eigenvalue weighted by atomic mass is 35.5. The average molecular weight is 502 g/mol. The van der Waals surface area contributed by atoms with E-state index in [4.69, 9.17) is 16.3 Å². The highest BCUT2D eigenvalue weighted by Gasteiger charge is 2.51. The van der Waals surface area contributed by atoms with Gasteiger partial charge in [-0.05, 0) is 49.1 Å². The van der Waals surface area contributed by atoms with Crippen molar-refractivity contribution in [2.45, 2.75) is 37.3 Å². The smallest absolute Gasteiger partial charge is 0.339 e. The van der Waals surface area contributed by atoms with Crippen molar-refractivity contribution in [1.29, 1.82) is 0 Å². The minimum absolute atomic E-state index is 0.163. The molecular weight excluding hydrogens is 478 g/mol. The van der Waals surface area contributed by atoms with E-state index in [2.05, 4.69) is 10.3 Å². The van der Waals surface area contributed by atoms with Crippen LogP contribution < -0.4 is 5.32 Å². The SMILES string of the molecule is O=C(NC1CCC1)c1ccc(-c2ccc(C(=O)N3CC[C@@]4(C3)OC(=O)c3ccccc34)c(Cl)c2)cn1. The number of carbonyl (C=O) groups is 3. The lowest BCUT2D eigenvalue weighted by molar-refractivity contribution is -0.00306. The van der Waals surface area contributed by atoms with Crippen LogP contribution in [0.4, 0.5) is 0 Å². The molecule has 2 fully saturated rings. The molecule has 0 radical (unpaired) electrons. The number of hydrogen-bond acceptors (Lipinski definition) is 5. The Labute approximate surface area is 213 Å². The Bertz CT molecular complexity index is 1390. The highest BCUT2D eigenvalue weighted by Crippen LogP contribution is 2.43. The number of rotatable bonds is 4. The predicted molar refractivity (Wildman–Crippen MR) is 134 cm³/mol. The zero-order valence-electron chi connectivity index (χ0n) is 19.5. The van der Waals surface area contributed by atoms with Gasteiger partial charge < -0.3 is 15.0 Å². The van der Waals surface area contributed by atoms with Crippen LogP contribution in [0.15, 0.2) is 60.8 Å². The van der Waals surface area contributed by atoms with Gasteiger partial charge in [-0.2, -0.15) is 0 Å². The second-order valence-electron chi connectivity index (χ2n) is 9.63. The van der Waals surface area contributed by atoms with E-state index in [0.717, 1.165) is 36.0 Å². The molecule has 1 saturated carbocycles. The molecule has 182 valence electrons. The van der Waals surface area contributed by atoms with E-state index in [-0.39, 0.29) is 23.8 Å². The van der Waals surface area contributed by atoms with Gasteiger partial charge >= 0.3 is 5.97 Å². The molecule has 3 aliphatic rings. The lowest BCUT2D eigenvalue weighted by Crippen LogP contribution is -2.39. The van der Waals surface area contributed by atoms with Gasteiger partial charge in [-0.25, -0.2) is 4.79 Å². The molecule has 3 aromatic rings. The third kappa shape index (κ3) is 3.84. The Morgan fingerprint density at radius 3 is 2.61 bits per heavy atom. The van der Waals surface area contributed by atoms with Gasteiger partial charge in [-0.1, -0.05) is 41.9 Å². The quantitative estimate of drug-likeness (QED) is 0.528. The number of aromatic nitrogens is 1. The Morgan fingerprint density at radius 1 is 1.08 bits per heavy atom. The largest absolute Gasteiger partial charge is 0.449 e. The molecule has 2 aromatic carbocycles. The van der Waals surface area contributed by atoms with E-state index in [0.29, 0.717) is 41.4 Å². The van der Waals surface area contributed by atoms with Crippen LogP contribution in [0.1, 0.15) is 62.5 Å². The van der Waals surface area contributed by atoms with Crippen LogP contribution in [-0.4, -0.2) is 46.8 Å². The van der Waals surface area contributed by atoms with Crippen molar-refractivity contribution in [3.8, 4) is 11.1 Å². The first-order valence-corrected chi connectivity index (χ1v) is 12.5.